The molecule has 150 valence electrons. The SMILES string of the molecule is C#CC(=C\C(=C/C)c1nc2ccccc2n1Cc1cccc(Cl)c1)/C=C/C(=O)NO. The summed E-state index contributed by atoms with van der Waals surface area (Å²) in [6.07, 6.45) is 11.9. The van der Waals surface area contributed by atoms with Gasteiger partial charge in [-0.15, -0.1) is 6.42 Å². The number of terminal acetylenes is 1. The van der Waals surface area contributed by atoms with E-state index >= 15 is 0 Å². The van der Waals surface area contributed by atoms with Gasteiger partial charge in [0.25, 0.3) is 5.91 Å². The van der Waals surface area contributed by atoms with Crippen molar-refractivity contribution in [3.05, 3.63) is 94.8 Å². The van der Waals surface area contributed by atoms with Crippen molar-refractivity contribution in [3.63, 3.8) is 0 Å². The first kappa shape index (κ1) is 21.1. The van der Waals surface area contributed by atoms with Gasteiger partial charge >= 0.3 is 0 Å². The van der Waals surface area contributed by atoms with Crippen molar-refractivity contribution in [2.24, 2.45) is 0 Å². The molecule has 0 aliphatic carbocycles. The highest BCUT2D eigenvalue weighted by Crippen LogP contribution is 2.25. The van der Waals surface area contributed by atoms with E-state index in [0.29, 0.717) is 17.1 Å². The molecule has 0 spiro atoms. The quantitative estimate of drug-likeness (QED) is 0.200. The lowest BCUT2D eigenvalue weighted by atomic mass is 10.1. The molecule has 6 heteroatoms. The summed E-state index contributed by atoms with van der Waals surface area (Å²) in [5.74, 6) is 2.63. The lowest BCUT2D eigenvalue weighted by Gasteiger charge is -2.11. The average Bonchev–Trinajstić information content (AvgIpc) is 3.12. The number of nitrogens with zero attached hydrogens (tertiary/aromatic N) is 2. The van der Waals surface area contributed by atoms with Crippen molar-refractivity contribution in [2.45, 2.75) is 13.5 Å². The molecule has 30 heavy (non-hydrogen) atoms. The molecule has 0 atom stereocenters. The van der Waals surface area contributed by atoms with Crippen molar-refractivity contribution in [3.8, 4) is 12.3 Å². The third-order valence-electron chi connectivity index (χ3n) is 4.46. The van der Waals surface area contributed by atoms with Crippen LogP contribution in [0.4, 0.5) is 0 Å². The van der Waals surface area contributed by atoms with Crippen LogP contribution in [0.1, 0.15) is 18.3 Å². The van der Waals surface area contributed by atoms with E-state index in [4.69, 9.17) is 28.2 Å². The summed E-state index contributed by atoms with van der Waals surface area (Å²) in [5.41, 5.74) is 5.69. The second kappa shape index (κ2) is 9.75. The molecule has 1 amide bonds. The van der Waals surface area contributed by atoms with Crippen LogP contribution in [0.2, 0.25) is 5.02 Å². The number of amides is 1. The van der Waals surface area contributed by atoms with Crippen molar-refractivity contribution in [1.82, 2.24) is 15.0 Å². The predicted octanol–water partition coefficient (Wildman–Crippen LogP) is 4.76. The number of hydrogen-bond donors (Lipinski definition) is 2. The van der Waals surface area contributed by atoms with Crippen LogP contribution in [0.15, 0.2) is 78.4 Å². The highest BCUT2D eigenvalue weighted by molar-refractivity contribution is 6.30. The minimum atomic E-state index is -0.661. The predicted molar refractivity (Wildman–Crippen MR) is 120 cm³/mol. The zero-order valence-electron chi connectivity index (χ0n) is 16.3. The van der Waals surface area contributed by atoms with Gasteiger partial charge in [0.1, 0.15) is 5.82 Å². The zero-order chi connectivity index (χ0) is 21.5. The van der Waals surface area contributed by atoms with Gasteiger partial charge in [-0.2, -0.15) is 0 Å². The third-order valence-corrected chi connectivity index (χ3v) is 4.69. The lowest BCUT2D eigenvalue weighted by Crippen LogP contribution is -2.14. The number of fused-ring (bicyclic) bond motifs is 1. The zero-order valence-corrected chi connectivity index (χ0v) is 17.1. The number of aromatic nitrogens is 2. The fourth-order valence-electron chi connectivity index (χ4n) is 3.06. The highest BCUT2D eigenvalue weighted by atomic mass is 35.5. The number of nitrogens with one attached hydrogen (secondary N) is 1. The van der Waals surface area contributed by atoms with Crippen molar-refractivity contribution >= 4 is 34.1 Å². The third kappa shape index (κ3) is 4.87. The number of para-hydroxylation sites is 2. The van der Waals surface area contributed by atoms with E-state index in [2.05, 4.69) is 10.5 Å². The van der Waals surface area contributed by atoms with Crippen LogP contribution in [-0.4, -0.2) is 20.7 Å². The molecule has 5 nitrogen and oxygen atoms in total. The van der Waals surface area contributed by atoms with Crippen LogP contribution in [0, 0.1) is 12.3 Å². The monoisotopic (exact) mass is 417 g/mol. The number of carbonyl (C=O) groups excluding carboxylic acids is 1. The number of carbonyl (C=O) groups is 1. The van der Waals surface area contributed by atoms with Gasteiger partial charge in [-0.3, -0.25) is 10.0 Å². The molecular weight excluding hydrogens is 398 g/mol. The molecule has 0 bridgehead atoms. The van der Waals surface area contributed by atoms with E-state index in [0.717, 1.165) is 34.1 Å². The Kier molecular flexibility index (Phi) is 6.87. The number of rotatable bonds is 6. The number of imidazole rings is 1. The van der Waals surface area contributed by atoms with Gasteiger partial charge in [-0.25, -0.2) is 10.5 Å². The summed E-state index contributed by atoms with van der Waals surface area (Å²) in [6, 6.07) is 15.6. The summed E-state index contributed by atoms with van der Waals surface area (Å²) >= 11 is 6.17. The van der Waals surface area contributed by atoms with Crippen LogP contribution in [0.25, 0.3) is 16.6 Å². The second-order valence-electron chi connectivity index (χ2n) is 6.44. The van der Waals surface area contributed by atoms with Gasteiger partial charge in [0.05, 0.1) is 11.0 Å². The second-order valence-corrected chi connectivity index (χ2v) is 6.87. The molecule has 3 rings (SSSR count). The molecule has 0 saturated heterocycles. The Hall–Kier alpha value is -3.59. The molecule has 1 aromatic heterocycles. The van der Waals surface area contributed by atoms with E-state index < -0.39 is 5.91 Å². The molecule has 0 fully saturated rings. The Bertz CT molecular complexity index is 1210. The van der Waals surface area contributed by atoms with Crippen LogP contribution < -0.4 is 5.48 Å². The summed E-state index contributed by atoms with van der Waals surface area (Å²) in [4.78, 5) is 16.1. The van der Waals surface area contributed by atoms with Gasteiger partial charge in [-0.05, 0) is 48.9 Å². The van der Waals surface area contributed by atoms with Gasteiger partial charge < -0.3 is 4.57 Å². The molecule has 2 N–H and O–H groups in total. The largest absolute Gasteiger partial charge is 0.319 e. The Morgan fingerprint density at radius 1 is 1.27 bits per heavy atom. The van der Waals surface area contributed by atoms with Crippen molar-refractivity contribution < 1.29 is 10.0 Å². The van der Waals surface area contributed by atoms with Gasteiger partial charge in [0.2, 0.25) is 0 Å². The maximum absolute atomic E-state index is 11.3. The van der Waals surface area contributed by atoms with Crippen LogP contribution in [0.5, 0.6) is 0 Å². The number of halogens is 1. The highest BCUT2D eigenvalue weighted by Gasteiger charge is 2.14. The summed E-state index contributed by atoms with van der Waals surface area (Å²) in [7, 11) is 0. The first-order valence-corrected chi connectivity index (χ1v) is 9.60. The molecular formula is C24H20ClN3O2. The van der Waals surface area contributed by atoms with Gasteiger partial charge in [0.15, 0.2) is 0 Å². The minimum Gasteiger partial charge on any atom is -0.319 e. The number of benzene rings is 2. The molecule has 0 saturated carbocycles. The minimum absolute atomic E-state index is 0.466. The lowest BCUT2D eigenvalue weighted by molar-refractivity contribution is -0.124. The topological polar surface area (TPSA) is 67.2 Å². The van der Waals surface area contributed by atoms with Crippen LogP contribution in [0.3, 0.4) is 0 Å². The van der Waals surface area contributed by atoms with Gasteiger partial charge in [-0.1, -0.05) is 47.9 Å². The smallest absolute Gasteiger partial charge is 0.267 e. The van der Waals surface area contributed by atoms with E-state index in [1.165, 1.54) is 11.6 Å². The molecule has 0 unspecified atom stereocenters. The van der Waals surface area contributed by atoms with E-state index in [9.17, 15) is 4.79 Å². The number of hydrogen-bond acceptors (Lipinski definition) is 3. The maximum Gasteiger partial charge on any atom is 0.267 e. The molecule has 1 heterocycles. The number of allylic oxidation sites excluding steroid dienone is 5. The van der Waals surface area contributed by atoms with E-state index in [-0.39, 0.29) is 0 Å². The number of hydroxylamine groups is 1. The Labute approximate surface area is 180 Å². The van der Waals surface area contributed by atoms with Crippen molar-refractivity contribution in [1.29, 1.82) is 0 Å². The Balaban J connectivity index is 2.09. The first-order valence-electron chi connectivity index (χ1n) is 9.22. The standard InChI is InChI=1S/C24H20ClN3O2/c1-3-17(12-13-23(29)27-30)14-19(4-2)24-26-21-10-5-6-11-22(21)28(24)16-18-8-7-9-20(25)15-18/h1,4-15,30H,16H2,2H3,(H,27,29)/b13-12+,17-14+,19-4+. The summed E-state index contributed by atoms with van der Waals surface area (Å²) in [5, 5.41) is 9.32. The van der Waals surface area contributed by atoms with Gasteiger partial charge in [0, 0.05) is 28.8 Å². The van der Waals surface area contributed by atoms with Crippen LogP contribution in [-0.2, 0) is 11.3 Å². The molecule has 0 aliphatic heterocycles. The summed E-state index contributed by atoms with van der Waals surface area (Å²) < 4.78 is 2.10. The normalized spacial score (nSPS) is 12.3. The maximum atomic E-state index is 11.3. The Morgan fingerprint density at radius 3 is 2.77 bits per heavy atom. The molecule has 0 radical (unpaired) electrons. The average molecular weight is 418 g/mol. The Morgan fingerprint density at radius 2 is 2.07 bits per heavy atom. The fourth-order valence-corrected chi connectivity index (χ4v) is 3.27. The fraction of sp³-hybridized carbons (Fsp3) is 0.0833. The summed E-state index contributed by atoms with van der Waals surface area (Å²) in [6.45, 7) is 2.48. The molecule has 3 aromatic rings. The van der Waals surface area contributed by atoms with E-state index in [1.807, 2.05) is 61.5 Å². The first-order chi connectivity index (χ1) is 14.5. The van der Waals surface area contributed by atoms with Crippen molar-refractivity contribution in [2.75, 3.05) is 0 Å². The van der Waals surface area contributed by atoms with Crippen LogP contribution >= 0.6 is 11.6 Å². The van der Waals surface area contributed by atoms with E-state index in [1.54, 1.807) is 6.08 Å². The molecule has 2 aromatic carbocycles. The molecule has 0 aliphatic rings.